The highest BCUT2D eigenvalue weighted by Crippen LogP contribution is 2.36. The largest absolute Gasteiger partial charge is 0.486 e. The van der Waals surface area contributed by atoms with Crippen LogP contribution in [0.1, 0.15) is 5.56 Å². The van der Waals surface area contributed by atoms with Gasteiger partial charge in [-0.1, -0.05) is 0 Å². The number of aromatic nitrogens is 1. The molecule has 0 unspecified atom stereocenters. The Labute approximate surface area is 104 Å². The zero-order valence-corrected chi connectivity index (χ0v) is 10.1. The molecule has 2 N–H and O–H groups in total. The number of amides is 1. The van der Waals surface area contributed by atoms with E-state index in [1.807, 2.05) is 29.9 Å². The van der Waals surface area contributed by atoms with Gasteiger partial charge in [-0.2, -0.15) is 0 Å². The molecule has 0 fully saturated rings. The molecule has 0 spiro atoms. The molecule has 5 nitrogen and oxygen atoms in total. The maximum atomic E-state index is 11.1. The van der Waals surface area contributed by atoms with Crippen molar-refractivity contribution >= 4 is 16.8 Å². The minimum Gasteiger partial charge on any atom is -0.486 e. The highest BCUT2D eigenvalue weighted by Gasteiger charge is 2.17. The van der Waals surface area contributed by atoms with Crippen molar-refractivity contribution in [2.75, 3.05) is 13.2 Å². The van der Waals surface area contributed by atoms with Crippen molar-refractivity contribution in [2.24, 2.45) is 12.8 Å². The SMILES string of the molecule is Cn1cc(CC(N)=O)c2cc3c(cc21)OCCO3. The van der Waals surface area contributed by atoms with Gasteiger partial charge in [0.25, 0.3) is 0 Å². The summed E-state index contributed by atoms with van der Waals surface area (Å²) in [7, 11) is 1.93. The zero-order chi connectivity index (χ0) is 12.7. The number of rotatable bonds is 2. The lowest BCUT2D eigenvalue weighted by Crippen LogP contribution is -2.15. The van der Waals surface area contributed by atoms with Crippen LogP contribution in [0.4, 0.5) is 0 Å². The molecule has 1 aromatic carbocycles. The predicted octanol–water partition coefficient (Wildman–Crippen LogP) is 0.977. The summed E-state index contributed by atoms with van der Waals surface area (Å²) >= 11 is 0. The van der Waals surface area contributed by atoms with Crippen LogP contribution in [0.25, 0.3) is 10.9 Å². The minimum atomic E-state index is -0.336. The van der Waals surface area contributed by atoms with Gasteiger partial charge in [0.2, 0.25) is 5.91 Å². The fraction of sp³-hybridized carbons (Fsp3) is 0.308. The van der Waals surface area contributed by atoms with Gasteiger partial charge in [0, 0.05) is 24.7 Å². The van der Waals surface area contributed by atoms with E-state index >= 15 is 0 Å². The monoisotopic (exact) mass is 246 g/mol. The minimum absolute atomic E-state index is 0.233. The summed E-state index contributed by atoms with van der Waals surface area (Å²) in [6.45, 7) is 1.12. The van der Waals surface area contributed by atoms with Gasteiger partial charge in [0.15, 0.2) is 11.5 Å². The number of hydrogen-bond donors (Lipinski definition) is 1. The van der Waals surface area contributed by atoms with E-state index in [0.717, 1.165) is 28.0 Å². The van der Waals surface area contributed by atoms with Crippen LogP contribution in [0.3, 0.4) is 0 Å². The Kier molecular flexibility index (Phi) is 2.40. The Balaban J connectivity index is 2.19. The standard InChI is InChI=1S/C13H14N2O3/c1-15-7-8(4-13(14)16)9-5-11-12(6-10(9)15)18-3-2-17-11/h5-7H,2-4H2,1H3,(H2,14,16). The van der Waals surface area contributed by atoms with Crippen molar-refractivity contribution in [3.63, 3.8) is 0 Å². The Morgan fingerprint density at radius 2 is 2.00 bits per heavy atom. The van der Waals surface area contributed by atoms with Gasteiger partial charge in [0.05, 0.1) is 11.9 Å². The summed E-state index contributed by atoms with van der Waals surface area (Å²) in [5.41, 5.74) is 7.18. The first-order chi connectivity index (χ1) is 8.65. The zero-order valence-electron chi connectivity index (χ0n) is 10.1. The summed E-state index contributed by atoms with van der Waals surface area (Å²) in [5, 5.41) is 0.987. The van der Waals surface area contributed by atoms with E-state index in [1.54, 1.807) is 0 Å². The van der Waals surface area contributed by atoms with Gasteiger partial charge in [-0.25, -0.2) is 0 Å². The van der Waals surface area contributed by atoms with Crippen molar-refractivity contribution in [1.82, 2.24) is 4.57 Å². The third-order valence-electron chi connectivity index (χ3n) is 3.10. The normalized spacial score (nSPS) is 13.8. The van der Waals surface area contributed by atoms with Crippen molar-refractivity contribution in [1.29, 1.82) is 0 Å². The number of aryl methyl sites for hydroxylation is 1. The molecule has 0 radical (unpaired) electrons. The van der Waals surface area contributed by atoms with Crippen LogP contribution in [0, 0.1) is 0 Å². The molecule has 1 aliphatic heterocycles. The summed E-state index contributed by atoms with van der Waals surface area (Å²) in [5.74, 6) is 1.14. The number of carbonyl (C=O) groups is 1. The number of ether oxygens (including phenoxy) is 2. The molecule has 94 valence electrons. The molecular formula is C13H14N2O3. The van der Waals surface area contributed by atoms with Crippen molar-refractivity contribution in [3.05, 3.63) is 23.9 Å². The van der Waals surface area contributed by atoms with Crippen LogP contribution >= 0.6 is 0 Å². The van der Waals surface area contributed by atoms with E-state index in [0.29, 0.717) is 13.2 Å². The molecule has 18 heavy (non-hydrogen) atoms. The second-order valence-electron chi connectivity index (χ2n) is 4.42. The average molecular weight is 246 g/mol. The van der Waals surface area contributed by atoms with E-state index in [1.165, 1.54) is 0 Å². The Morgan fingerprint density at radius 1 is 1.33 bits per heavy atom. The van der Waals surface area contributed by atoms with Crippen LogP contribution in [0.5, 0.6) is 11.5 Å². The smallest absolute Gasteiger partial charge is 0.221 e. The van der Waals surface area contributed by atoms with Crippen molar-refractivity contribution < 1.29 is 14.3 Å². The molecule has 0 aliphatic carbocycles. The molecule has 0 bridgehead atoms. The van der Waals surface area contributed by atoms with Crippen LogP contribution in [-0.2, 0) is 18.3 Å². The lowest BCUT2D eigenvalue weighted by molar-refractivity contribution is -0.117. The summed E-state index contributed by atoms with van der Waals surface area (Å²) in [6.07, 6.45) is 2.15. The maximum Gasteiger partial charge on any atom is 0.221 e. The second-order valence-corrected chi connectivity index (χ2v) is 4.42. The third-order valence-corrected chi connectivity index (χ3v) is 3.10. The van der Waals surface area contributed by atoms with Gasteiger partial charge in [0.1, 0.15) is 13.2 Å². The van der Waals surface area contributed by atoms with Gasteiger partial charge in [-0.3, -0.25) is 4.79 Å². The van der Waals surface area contributed by atoms with Gasteiger partial charge in [-0.05, 0) is 11.6 Å². The maximum absolute atomic E-state index is 11.1. The highest BCUT2D eigenvalue weighted by atomic mass is 16.6. The quantitative estimate of drug-likeness (QED) is 0.858. The first-order valence-corrected chi connectivity index (χ1v) is 5.81. The Morgan fingerprint density at radius 3 is 2.67 bits per heavy atom. The number of nitrogens with two attached hydrogens (primary N) is 1. The van der Waals surface area contributed by atoms with Crippen LogP contribution in [0.2, 0.25) is 0 Å². The van der Waals surface area contributed by atoms with Crippen molar-refractivity contribution in [3.8, 4) is 11.5 Å². The molecule has 1 amide bonds. The first-order valence-electron chi connectivity index (χ1n) is 5.81. The molecule has 3 rings (SSSR count). The van der Waals surface area contributed by atoms with Gasteiger partial charge in [-0.15, -0.1) is 0 Å². The molecule has 1 aliphatic rings. The number of primary amides is 1. The number of nitrogens with zero attached hydrogens (tertiary/aromatic N) is 1. The topological polar surface area (TPSA) is 66.5 Å². The summed E-state index contributed by atoms with van der Waals surface area (Å²) < 4.78 is 13.1. The predicted molar refractivity (Wildman–Crippen MR) is 66.8 cm³/mol. The molecule has 0 atom stereocenters. The van der Waals surface area contributed by atoms with E-state index in [9.17, 15) is 4.79 Å². The third kappa shape index (κ3) is 1.68. The van der Waals surface area contributed by atoms with E-state index in [2.05, 4.69) is 0 Å². The lowest BCUT2D eigenvalue weighted by atomic mass is 10.1. The number of hydrogen-bond acceptors (Lipinski definition) is 3. The fourth-order valence-electron chi connectivity index (χ4n) is 2.33. The number of carbonyl (C=O) groups excluding carboxylic acids is 1. The highest BCUT2D eigenvalue weighted by molar-refractivity contribution is 5.91. The fourth-order valence-corrected chi connectivity index (χ4v) is 2.33. The number of benzene rings is 1. The van der Waals surface area contributed by atoms with E-state index < -0.39 is 0 Å². The summed E-state index contributed by atoms with van der Waals surface area (Å²) in [4.78, 5) is 11.1. The molecule has 1 aromatic heterocycles. The molecule has 5 heteroatoms. The number of fused-ring (bicyclic) bond motifs is 2. The second kappa shape index (κ2) is 3.94. The van der Waals surface area contributed by atoms with Crippen LogP contribution < -0.4 is 15.2 Å². The average Bonchev–Trinajstić information content (AvgIpc) is 2.63. The van der Waals surface area contributed by atoms with Gasteiger partial charge < -0.3 is 19.8 Å². The summed E-state index contributed by atoms with van der Waals surface area (Å²) in [6, 6.07) is 3.86. The van der Waals surface area contributed by atoms with Gasteiger partial charge >= 0.3 is 0 Å². The molecule has 2 aromatic rings. The Hall–Kier alpha value is -2.17. The van der Waals surface area contributed by atoms with E-state index in [-0.39, 0.29) is 12.3 Å². The lowest BCUT2D eigenvalue weighted by Gasteiger charge is -2.18. The van der Waals surface area contributed by atoms with E-state index in [4.69, 9.17) is 15.2 Å². The van der Waals surface area contributed by atoms with Crippen LogP contribution in [0.15, 0.2) is 18.3 Å². The molecular weight excluding hydrogens is 232 g/mol. The first kappa shape index (κ1) is 11.0. The molecule has 2 heterocycles. The molecule has 0 saturated carbocycles. The van der Waals surface area contributed by atoms with Crippen molar-refractivity contribution in [2.45, 2.75) is 6.42 Å². The molecule has 0 saturated heterocycles. The van der Waals surface area contributed by atoms with Crippen LogP contribution in [-0.4, -0.2) is 23.7 Å². The Bertz CT molecular complexity index is 631.